The third-order valence-corrected chi connectivity index (χ3v) is 2.61. The van der Waals surface area contributed by atoms with E-state index in [-0.39, 0.29) is 5.57 Å². The SMILES string of the molecule is COc1ccc2[nH]cc(/C=C(\C#N)C(N)=O)c2c1. The molecular formula is C13H11N3O2. The van der Waals surface area contributed by atoms with Crippen molar-refractivity contribution in [3.05, 3.63) is 35.5 Å². The standard InChI is InChI=1S/C13H11N3O2/c1-18-10-2-3-12-11(5-10)9(7-16-12)4-8(6-14)13(15)17/h2-5,7,16H,1H3,(H2,15,17)/b8-4+. The number of aromatic nitrogens is 1. The van der Waals surface area contributed by atoms with Crippen molar-refractivity contribution in [3.8, 4) is 11.8 Å². The molecule has 0 radical (unpaired) electrons. The molecule has 2 rings (SSSR count). The van der Waals surface area contributed by atoms with Crippen LogP contribution in [0.1, 0.15) is 5.56 Å². The fourth-order valence-electron chi connectivity index (χ4n) is 1.68. The summed E-state index contributed by atoms with van der Waals surface area (Å²) < 4.78 is 5.13. The van der Waals surface area contributed by atoms with Crippen molar-refractivity contribution in [2.24, 2.45) is 5.73 Å². The number of methoxy groups -OCH3 is 1. The van der Waals surface area contributed by atoms with Crippen molar-refractivity contribution >= 4 is 22.9 Å². The monoisotopic (exact) mass is 241 g/mol. The van der Waals surface area contributed by atoms with Gasteiger partial charge in [-0.3, -0.25) is 4.79 Å². The Morgan fingerprint density at radius 2 is 2.33 bits per heavy atom. The van der Waals surface area contributed by atoms with Gasteiger partial charge >= 0.3 is 0 Å². The first-order valence-corrected chi connectivity index (χ1v) is 5.22. The van der Waals surface area contributed by atoms with Gasteiger partial charge in [-0.25, -0.2) is 0 Å². The summed E-state index contributed by atoms with van der Waals surface area (Å²) in [6, 6.07) is 7.29. The number of carbonyl (C=O) groups is 1. The van der Waals surface area contributed by atoms with Crippen LogP contribution in [0.2, 0.25) is 0 Å². The first-order valence-electron chi connectivity index (χ1n) is 5.22. The van der Waals surface area contributed by atoms with Crippen LogP contribution in [0.3, 0.4) is 0 Å². The molecule has 0 saturated heterocycles. The van der Waals surface area contributed by atoms with Gasteiger partial charge in [-0.2, -0.15) is 5.26 Å². The van der Waals surface area contributed by atoms with E-state index in [9.17, 15) is 4.79 Å². The Hall–Kier alpha value is -2.74. The number of nitriles is 1. The minimum Gasteiger partial charge on any atom is -0.497 e. The molecular weight excluding hydrogens is 230 g/mol. The van der Waals surface area contributed by atoms with Gasteiger partial charge < -0.3 is 15.5 Å². The quantitative estimate of drug-likeness (QED) is 0.631. The zero-order chi connectivity index (χ0) is 13.1. The zero-order valence-electron chi connectivity index (χ0n) is 9.73. The normalized spacial score (nSPS) is 11.2. The van der Waals surface area contributed by atoms with E-state index in [1.165, 1.54) is 6.08 Å². The minimum atomic E-state index is -0.741. The Morgan fingerprint density at radius 3 is 2.94 bits per heavy atom. The second-order valence-electron chi connectivity index (χ2n) is 3.69. The Bertz CT molecular complexity index is 677. The largest absolute Gasteiger partial charge is 0.497 e. The number of hydrogen-bond acceptors (Lipinski definition) is 3. The van der Waals surface area contributed by atoms with Crippen LogP contribution in [0.15, 0.2) is 30.0 Å². The van der Waals surface area contributed by atoms with Gasteiger partial charge in [0.15, 0.2) is 0 Å². The molecule has 0 unspecified atom stereocenters. The highest BCUT2D eigenvalue weighted by Gasteiger charge is 2.07. The minimum absolute atomic E-state index is 0.0845. The number of H-pyrrole nitrogens is 1. The highest BCUT2D eigenvalue weighted by Crippen LogP contribution is 2.25. The van der Waals surface area contributed by atoms with Crippen LogP contribution in [-0.4, -0.2) is 18.0 Å². The topological polar surface area (TPSA) is 91.9 Å². The molecule has 5 nitrogen and oxygen atoms in total. The number of nitrogens with zero attached hydrogens (tertiary/aromatic N) is 1. The Balaban J connectivity index is 2.58. The lowest BCUT2D eigenvalue weighted by Gasteiger charge is -1.99. The molecule has 0 fully saturated rings. The number of ether oxygens (including phenoxy) is 1. The molecule has 0 saturated carbocycles. The highest BCUT2D eigenvalue weighted by atomic mass is 16.5. The number of aromatic amines is 1. The molecule has 0 atom stereocenters. The fourth-order valence-corrected chi connectivity index (χ4v) is 1.68. The van der Waals surface area contributed by atoms with Gasteiger partial charge in [0.1, 0.15) is 17.4 Å². The van der Waals surface area contributed by atoms with Crippen LogP contribution in [0, 0.1) is 11.3 Å². The maximum atomic E-state index is 11.0. The number of rotatable bonds is 3. The molecule has 0 aliphatic heterocycles. The summed E-state index contributed by atoms with van der Waals surface area (Å²) in [7, 11) is 1.58. The first kappa shape index (κ1) is 11.7. The lowest BCUT2D eigenvalue weighted by atomic mass is 10.1. The van der Waals surface area contributed by atoms with Crippen molar-refractivity contribution in [1.29, 1.82) is 5.26 Å². The first-order chi connectivity index (χ1) is 8.65. The summed E-state index contributed by atoms with van der Waals surface area (Å²) in [5.74, 6) is -0.0379. The molecule has 18 heavy (non-hydrogen) atoms. The van der Waals surface area contributed by atoms with E-state index < -0.39 is 5.91 Å². The molecule has 3 N–H and O–H groups in total. The predicted molar refractivity (Wildman–Crippen MR) is 67.6 cm³/mol. The maximum Gasteiger partial charge on any atom is 0.259 e. The van der Waals surface area contributed by atoms with E-state index in [2.05, 4.69) is 4.98 Å². The average Bonchev–Trinajstić information content (AvgIpc) is 2.77. The average molecular weight is 241 g/mol. The van der Waals surface area contributed by atoms with Crippen LogP contribution < -0.4 is 10.5 Å². The van der Waals surface area contributed by atoms with Gasteiger partial charge in [0, 0.05) is 22.7 Å². The van der Waals surface area contributed by atoms with Crippen LogP contribution >= 0.6 is 0 Å². The number of amides is 1. The third kappa shape index (κ3) is 2.04. The molecule has 90 valence electrons. The second kappa shape index (κ2) is 4.63. The van der Waals surface area contributed by atoms with Crippen LogP contribution in [0.4, 0.5) is 0 Å². The predicted octanol–water partition coefficient (Wildman–Crippen LogP) is 1.57. The maximum absolute atomic E-state index is 11.0. The summed E-state index contributed by atoms with van der Waals surface area (Å²) in [6.07, 6.45) is 3.17. The smallest absolute Gasteiger partial charge is 0.259 e. The van der Waals surface area contributed by atoms with E-state index in [4.69, 9.17) is 15.7 Å². The third-order valence-electron chi connectivity index (χ3n) is 2.61. The number of nitrogens with two attached hydrogens (primary N) is 1. The molecule has 2 aromatic rings. The van der Waals surface area contributed by atoms with Crippen LogP contribution in [-0.2, 0) is 4.79 Å². The molecule has 0 spiro atoms. The summed E-state index contributed by atoms with van der Waals surface area (Å²) in [5.41, 5.74) is 6.63. The number of benzene rings is 1. The van der Waals surface area contributed by atoms with Crippen LogP contribution in [0.25, 0.3) is 17.0 Å². The molecule has 0 bridgehead atoms. The molecule has 0 aliphatic rings. The Morgan fingerprint density at radius 1 is 1.56 bits per heavy atom. The number of primary amides is 1. The highest BCUT2D eigenvalue weighted by molar-refractivity contribution is 6.03. The summed E-state index contributed by atoms with van der Waals surface area (Å²) >= 11 is 0. The van der Waals surface area contributed by atoms with E-state index in [0.29, 0.717) is 5.75 Å². The van der Waals surface area contributed by atoms with Gasteiger partial charge in [0.05, 0.1) is 7.11 Å². The van der Waals surface area contributed by atoms with Crippen molar-refractivity contribution < 1.29 is 9.53 Å². The molecule has 1 heterocycles. The molecule has 1 amide bonds. The molecule has 1 aromatic heterocycles. The number of hydrogen-bond donors (Lipinski definition) is 2. The Labute approximate surface area is 103 Å². The molecule has 1 aromatic carbocycles. The van der Waals surface area contributed by atoms with Gasteiger partial charge in [0.2, 0.25) is 0 Å². The number of fused-ring (bicyclic) bond motifs is 1. The van der Waals surface area contributed by atoms with E-state index in [1.807, 2.05) is 18.2 Å². The molecule has 0 aliphatic carbocycles. The molecule has 5 heteroatoms. The van der Waals surface area contributed by atoms with Crippen molar-refractivity contribution in [2.45, 2.75) is 0 Å². The number of nitrogens with one attached hydrogen (secondary N) is 1. The van der Waals surface area contributed by atoms with Gasteiger partial charge in [-0.05, 0) is 24.3 Å². The van der Waals surface area contributed by atoms with E-state index >= 15 is 0 Å². The van der Waals surface area contributed by atoms with Gasteiger partial charge in [-0.1, -0.05) is 0 Å². The van der Waals surface area contributed by atoms with E-state index in [0.717, 1.165) is 16.5 Å². The van der Waals surface area contributed by atoms with Gasteiger partial charge in [-0.15, -0.1) is 0 Å². The lowest BCUT2D eigenvalue weighted by molar-refractivity contribution is -0.114. The fraction of sp³-hybridized carbons (Fsp3) is 0.0769. The second-order valence-corrected chi connectivity index (χ2v) is 3.69. The summed E-state index contributed by atoms with van der Waals surface area (Å²) in [5, 5.41) is 9.68. The van der Waals surface area contributed by atoms with Gasteiger partial charge in [0.25, 0.3) is 5.91 Å². The number of carbonyl (C=O) groups excluding carboxylic acids is 1. The summed E-state index contributed by atoms with van der Waals surface area (Å²) in [4.78, 5) is 14.1. The van der Waals surface area contributed by atoms with Crippen LogP contribution in [0.5, 0.6) is 5.75 Å². The lowest BCUT2D eigenvalue weighted by Crippen LogP contribution is -2.12. The van der Waals surface area contributed by atoms with Crippen molar-refractivity contribution in [2.75, 3.05) is 7.11 Å². The zero-order valence-corrected chi connectivity index (χ0v) is 9.73. The summed E-state index contributed by atoms with van der Waals surface area (Å²) in [6.45, 7) is 0. The van der Waals surface area contributed by atoms with E-state index in [1.54, 1.807) is 19.4 Å². The Kier molecular flexibility index (Phi) is 3.02. The van der Waals surface area contributed by atoms with Crippen molar-refractivity contribution in [1.82, 2.24) is 4.98 Å². The van der Waals surface area contributed by atoms with Crippen molar-refractivity contribution in [3.63, 3.8) is 0 Å².